The van der Waals surface area contributed by atoms with Gasteiger partial charge in [0.15, 0.2) is 12.2 Å². The first-order valence-electron chi connectivity index (χ1n) is 12.1. The van der Waals surface area contributed by atoms with E-state index in [9.17, 15) is 60.0 Å². The zero-order valence-electron chi connectivity index (χ0n) is 21.4. The highest BCUT2D eigenvalue weighted by molar-refractivity contribution is 5.93. The Morgan fingerprint density at radius 2 is 1.00 bits per heavy atom. The van der Waals surface area contributed by atoms with Gasteiger partial charge in [-0.05, 0) is 12.8 Å². The fraction of sp³-hybridized carbons (Fsp3) is 0.727. The Labute approximate surface area is 228 Å². The number of carboxylic acids is 1. The van der Waals surface area contributed by atoms with E-state index in [2.05, 4.69) is 10.6 Å². The summed E-state index contributed by atoms with van der Waals surface area (Å²) in [6.07, 6.45) is -14.7. The number of carboxylic acid groups (broad SMARTS) is 1. The Morgan fingerprint density at radius 3 is 1.32 bits per heavy atom. The average Bonchev–Trinajstić information content (AvgIpc) is 2.95. The Kier molecular flexibility index (Phi) is 18.0. The molecule has 0 aliphatic heterocycles. The van der Waals surface area contributed by atoms with Crippen LogP contribution in [0.5, 0.6) is 0 Å². The molecule has 8 unspecified atom stereocenters. The van der Waals surface area contributed by atoms with Crippen LogP contribution in [0.3, 0.4) is 0 Å². The Morgan fingerprint density at radius 1 is 0.625 bits per heavy atom. The number of aliphatic carboxylic acids is 1. The Hall–Kier alpha value is -2.78. The molecule has 0 fully saturated rings. The van der Waals surface area contributed by atoms with Crippen molar-refractivity contribution < 1.29 is 75.3 Å². The molecule has 3 amide bonds. The molecule has 0 aromatic carbocycles. The van der Waals surface area contributed by atoms with Gasteiger partial charge in [0.25, 0.3) is 11.8 Å². The van der Waals surface area contributed by atoms with E-state index in [1.807, 2.05) is 0 Å². The van der Waals surface area contributed by atoms with Crippen LogP contribution in [0.25, 0.3) is 0 Å². The number of hydrogen-bond acceptors (Lipinski definition) is 14. The zero-order chi connectivity index (χ0) is 31.0. The lowest BCUT2D eigenvalue weighted by molar-refractivity contribution is -0.149. The van der Waals surface area contributed by atoms with Crippen LogP contribution in [0.15, 0.2) is 12.2 Å². The van der Waals surface area contributed by atoms with Gasteiger partial charge in [-0.1, -0.05) is 0 Å². The molecule has 0 aromatic heterocycles. The maximum atomic E-state index is 12.3. The van der Waals surface area contributed by atoms with Crippen molar-refractivity contribution >= 4 is 23.7 Å². The maximum Gasteiger partial charge on any atom is 0.328 e. The molecule has 0 heterocycles. The van der Waals surface area contributed by atoms with Gasteiger partial charge in [0, 0.05) is 38.3 Å². The van der Waals surface area contributed by atoms with Crippen LogP contribution in [0.1, 0.15) is 12.8 Å². The predicted octanol–water partition coefficient (Wildman–Crippen LogP) is -7.66. The van der Waals surface area contributed by atoms with Crippen LogP contribution in [0.2, 0.25) is 0 Å². The molecule has 8 atom stereocenters. The van der Waals surface area contributed by atoms with Crippen LogP contribution in [0.4, 0.5) is 0 Å². The summed E-state index contributed by atoms with van der Waals surface area (Å²) in [7, 11) is 0. The number of carbonyl (C=O) groups is 4. The van der Waals surface area contributed by atoms with Gasteiger partial charge in [0.2, 0.25) is 5.91 Å². The van der Waals surface area contributed by atoms with Gasteiger partial charge < -0.3 is 71.7 Å². The van der Waals surface area contributed by atoms with E-state index in [0.29, 0.717) is 6.08 Å². The molecule has 0 spiro atoms. The first-order valence-corrected chi connectivity index (χ1v) is 12.1. The van der Waals surface area contributed by atoms with Gasteiger partial charge in [-0.2, -0.15) is 0 Å². The van der Waals surface area contributed by atoms with Crippen molar-refractivity contribution in [1.82, 2.24) is 15.5 Å². The first-order chi connectivity index (χ1) is 18.7. The highest BCUT2D eigenvalue weighted by Crippen LogP contribution is 2.07. The summed E-state index contributed by atoms with van der Waals surface area (Å²) < 4.78 is 0. The monoisotopic (exact) mass is 585 g/mol. The molecule has 232 valence electrons. The summed E-state index contributed by atoms with van der Waals surface area (Å²) in [6.45, 7) is -2.30. The molecule has 0 aliphatic rings. The van der Waals surface area contributed by atoms with Crippen molar-refractivity contribution in [2.45, 2.75) is 61.7 Å². The largest absolute Gasteiger partial charge is 0.478 e. The number of aliphatic hydroxyl groups is 10. The van der Waals surface area contributed by atoms with Crippen molar-refractivity contribution in [2.75, 3.05) is 39.4 Å². The number of hydrogen-bond donors (Lipinski definition) is 13. The standard InChI is InChI=1S/C22H39N3O15/c26-9-11(28)15(33)17(35)19(37)21(39)23-5-1-7-25(13(30)3-4-14(31)32)8-2-6-24-22(40)20(38)18(36)16(34)12(29)10-27/h3-4,11-12,15-20,26-29,33-38H,1-2,5-10H2,(H,23,39)(H,24,40)(H,31,32)/b4-3-. The molecule has 0 aromatic rings. The molecule has 0 radical (unpaired) electrons. The van der Waals surface area contributed by atoms with Gasteiger partial charge in [0.1, 0.15) is 36.6 Å². The van der Waals surface area contributed by atoms with Crippen molar-refractivity contribution in [3.63, 3.8) is 0 Å². The summed E-state index contributed by atoms with van der Waals surface area (Å²) in [5.41, 5.74) is 0. The maximum absolute atomic E-state index is 12.3. The molecule has 0 saturated carbocycles. The van der Waals surface area contributed by atoms with E-state index in [-0.39, 0.29) is 39.0 Å². The third-order valence-electron chi connectivity index (χ3n) is 5.53. The van der Waals surface area contributed by atoms with Gasteiger partial charge >= 0.3 is 5.97 Å². The minimum Gasteiger partial charge on any atom is -0.478 e. The van der Waals surface area contributed by atoms with Crippen LogP contribution >= 0.6 is 0 Å². The smallest absolute Gasteiger partial charge is 0.328 e. The fourth-order valence-corrected chi connectivity index (χ4v) is 3.11. The number of nitrogens with one attached hydrogen (secondary N) is 2. The SMILES string of the molecule is O=C(O)/C=C\C(=O)N(CCCNC(=O)C(O)C(O)C(O)C(O)CO)CCCNC(=O)C(O)C(O)C(O)C(O)CO. The second-order valence-corrected chi connectivity index (χ2v) is 8.64. The average molecular weight is 586 g/mol. The van der Waals surface area contributed by atoms with Crippen molar-refractivity contribution in [3.8, 4) is 0 Å². The van der Waals surface area contributed by atoms with Crippen LogP contribution in [-0.4, -0.2) is 173 Å². The highest BCUT2D eigenvalue weighted by Gasteiger charge is 2.35. The lowest BCUT2D eigenvalue weighted by atomic mass is 10.0. The van der Waals surface area contributed by atoms with E-state index < -0.39 is 85.7 Å². The van der Waals surface area contributed by atoms with E-state index >= 15 is 0 Å². The van der Waals surface area contributed by atoms with Gasteiger partial charge in [-0.3, -0.25) is 14.4 Å². The van der Waals surface area contributed by atoms with E-state index in [1.165, 1.54) is 0 Å². The van der Waals surface area contributed by atoms with E-state index in [1.54, 1.807) is 0 Å². The fourth-order valence-electron chi connectivity index (χ4n) is 3.11. The van der Waals surface area contributed by atoms with Gasteiger partial charge in [0.05, 0.1) is 13.2 Å². The third kappa shape index (κ3) is 13.0. The molecule has 0 bridgehead atoms. The number of nitrogens with zero attached hydrogens (tertiary/aromatic N) is 1. The quantitative estimate of drug-likeness (QED) is 0.0466. The van der Waals surface area contributed by atoms with Crippen molar-refractivity contribution in [2.24, 2.45) is 0 Å². The summed E-state index contributed by atoms with van der Waals surface area (Å²) in [5.74, 6) is -4.39. The minimum atomic E-state index is -2.15. The molecular formula is C22H39N3O15. The Balaban J connectivity index is 4.87. The zero-order valence-corrected chi connectivity index (χ0v) is 21.4. The lowest BCUT2D eigenvalue weighted by Gasteiger charge is -2.25. The number of amides is 3. The van der Waals surface area contributed by atoms with E-state index in [4.69, 9.17) is 15.3 Å². The molecule has 18 nitrogen and oxygen atoms in total. The van der Waals surface area contributed by atoms with Crippen LogP contribution < -0.4 is 10.6 Å². The molecule has 40 heavy (non-hydrogen) atoms. The minimum absolute atomic E-state index is 0.0609. The molecule has 18 heteroatoms. The first kappa shape index (κ1) is 37.2. The second-order valence-electron chi connectivity index (χ2n) is 8.64. The summed E-state index contributed by atoms with van der Waals surface area (Å²) in [5, 5.41) is 108. The van der Waals surface area contributed by atoms with Crippen LogP contribution in [-0.2, 0) is 19.2 Å². The molecule has 13 N–H and O–H groups in total. The molecular weight excluding hydrogens is 546 g/mol. The predicted molar refractivity (Wildman–Crippen MR) is 131 cm³/mol. The second kappa shape index (κ2) is 19.3. The highest BCUT2D eigenvalue weighted by atomic mass is 16.4. The van der Waals surface area contributed by atoms with Crippen molar-refractivity contribution in [3.05, 3.63) is 12.2 Å². The topological polar surface area (TPSA) is 318 Å². The number of rotatable bonds is 20. The Bertz CT molecular complexity index is 781. The van der Waals surface area contributed by atoms with Gasteiger partial charge in [-0.25, -0.2) is 4.79 Å². The number of aliphatic hydroxyl groups excluding tert-OH is 10. The summed E-state index contributed by atoms with van der Waals surface area (Å²) >= 11 is 0. The summed E-state index contributed by atoms with van der Waals surface area (Å²) in [6, 6.07) is 0. The summed E-state index contributed by atoms with van der Waals surface area (Å²) in [4.78, 5) is 48.2. The lowest BCUT2D eigenvalue weighted by Crippen LogP contribution is -2.52. The van der Waals surface area contributed by atoms with Crippen LogP contribution in [0, 0.1) is 0 Å². The van der Waals surface area contributed by atoms with Gasteiger partial charge in [-0.15, -0.1) is 0 Å². The van der Waals surface area contributed by atoms with Crippen molar-refractivity contribution in [1.29, 1.82) is 0 Å². The third-order valence-corrected chi connectivity index (χ3v) is 5.53. The number of carbonyl (C=O) groups excluding carboxylic acids is 3. The molecule has 0 aliphatic carbocycles. The molecule has 0 saturated heterocycles. The van der Waals surface area contributed by atoms with E-state index in [0.717, 1.165) is 11.0 Å². The normalized spacial score (nSPS) is 17.6. The molecule has 0 rings (SSSR count).